The summed E-state index contributed by atoms with van der Waals surface area (Å²) in [7, 11) is 0. The molecule has 1 aromatic heterocycles. The highest BCUT2D eigenvalue weighted by Gasteiger charge is 2.25. The van der Waals surface area contributed by atoms with Gasteiger partial charge in [-0.3, -0.25) is 14.4 Å². The minimum atomic E-state index is -0.792. The van der Waals surface area contributed by atoms with Crippen LogP contribution in [-0.2, 0) is 50.0 Å². The fourth-order valence-corrected chi connectivity index (χ4v) is 5.43. The third kappa shape index (κ3) is 4.49. The Labute approximate surface area is 184 Å². The zero-order valence-electron chi connectivity index (χ0n) is 18.9. The summed E-state index contributed by atoms with van der Waals surface area (Å²) in [4.78, 5) is 13.5. The van der Waals surface area contributed by atoms with E-state index in [9.17, 15) is 9.90 Å². The molecule has 0 unspecified atom stereocenters. The van der Waals surface area contributed by atoms with Gasteiger partial charge in [0.15, 0.2) is 0 Å². The van der Waals surface area contributed by atoms with Crippen LogP contribution in [0.25, 0.3) is 0 Å². The van der Waals surface area contributed by atoms with Gasteiger partial charge in [0.2, 0.25) is 0 Å². The number of carbonyl (C=O) groups is 1. The number of aliphatic carboxylic acids is 1. The molecular formula is C25H35N3O3. The van der Waals surface area contributed by atoms with Crippen LogP contribution in [-0.4, -0.2) is 44.0 Å². The van der Waals surface area contributed by atoms with Crippen molar-refractivity contribution in [1.82, 2.24) is 14.7 Å². The summed E-state index contributed by atoms with van der Waals surface area (Å²) >= 11 is 0. The number of benzene rings is 1. The predicted molar refractivity (Wildman–Crippen MR) is 121 cm³/mol. The van der Waals surface area contributed by atoms with Crippen molar-refractivity contribution in [1.29, 1.82) is 0 Å². The van der Waals surface area contributed by atoms with Crippen molar-refractivity contribution in [3.05, 3.63) is 45.3 Å². The molecule has 0 saturated carbocycles. The summed E-state index contributed by atoms with van der Waals surface area (Å²) in [6.07, 6.45) is 8.15. The first-order chi connectivity index (χ1) is 15.0. The van der Waals surface area contributed by atoms with E-state index in [0.29, 0.717) is 12.3 Å². The maximum absolute atomic E-state index is 11.1. The fraction of sp³-hybridized carbons (Fsp3) is 0.600. The van der Waals surface area contributed by atoms with Crippen molar-refractivity contribution in [2.24, 2.45) is 0 Å². The second-order valence-electron chi connectivity index (χ2n) is 8.96. The van der Waals surface area contributed by atoms with Crippen LogP contribution in [0.5, 0.6) is 5.75 Å². The first kappa shape index (κ1) is 21.9. The summed E-state index contributed by atoms with van der Waals surface area (Å²) in [6, 6.07) is 2.24. The van der Waals surface area contributed by atoms with E-state index in [2.05, 4.69) is 24.8 Å². The molecule has 0 bridgehead atoms. The number of carboxylic acids is 1. The van der Waals surface area contributed by atoms with E-state index in [4.69, 9.17) is 10.2 Å². The van der Waals surface area contributed by atoms with E-state index in [0.717, 1.165) is 80.7 Å². The number of hydrogen-bond donors (Lipinski definition) is 2. The number of phenols is 1. The lowest BCUT2D eigenvalue weighted by molar-refractivity contribution is -0.137. The standard InChI is InChI=1S/C25H35N3O3/c1-3-22-21(23(4-2)28(26-22)13-10-24(29)30)15-17-14-18(16-27-11-5-6-12-27)25(31)20-9-7-8-19(17)20/h14,31H,3-13,15-16H2,1-2H3,(H,29,30). The lowest BCUT2D eigenvalue weighted by Crippen LogP contribution is -2.19. The number of aryl methyl sites for hydroxylation is 2. The number of rotatable bonds is 9. The Morgan fingerprint density at radius 1 is 1.06 bits per heavy atom. The number of nitrogens with zero attached hydrogens (tertiary/aromatic N) is 3. The smallest absolute Gasteiger partial charge is 0.305 e. The second-order valence-corrected chi connectivity index (χ2v) is 8.96. The van der Waals surface area contributed by atoms with Crippen molar-refractivity contribution in [3.8, 4) is 5.75 Å². The van der Waals surface area contributed by atoms with Crippen molar-refractivity contribution in [2.75, 3.05) is 13.1 Å². The van der Waals surface area contributed by atoms with Crippen LogP contribution in [0.3, 0.4) is 0 Å². The highest BCUT2D eigenvalue weighted by Crippen LogP contribution is 2.38. The SMILES string of the molecule is CCc1nn(CCC(=O)O)c(CC)c1Cc1cc(CN2CCCC2)c(O)c2c1CCC2. The lowest BCUT2D eigenvalue weighted by atomic mass is 9.92. The van der Waals surface area contributed by atoms with Gasteiger partial charge in [-0.05, 0) is 74.7 Å². The van der Waals surface area contributed by atoms with Crippen molar-refractivity contribution in [3.63, 3.8) is 0 Å². The highest BCUT2D eigenvalue weighted by atomic mass is 16.4. The normalized spacial score (nSPS) is 16.2. The Morgan fingerprint density at radius 3 is 2.48 bits per heavy atom. The molecule has 4 rings (SSSR count). The van der Waals surface area contributed by atoms with Gasteiger partial charge in [0.1, 0.15) is 5.75 Å². The van der Waals surface area contributed by atoms with Crippen molar-refractivity contribution >= 4 is 5.97 Å². The van der Waals surface area contributed by atoms with E-state index in [1.807, 2.05) is 4.68 Å². The average molecular weight is 426 g/mol. The van der Waals surface area contributed by atoms with Crippen LogP contribution in [0, 0.1) is 0 Å². The molecule has 0 radical (unpaired) electrons. The highest BCUT2D eigenvalue weighted by molar-refractivity contribution is 5.66. The lowest BCUT2D eigenvalue weighted by Gasteiger charge is -2.20. The number of aromatic hydroxyl groups is 1. The largest absolute Gasteiger partial charge is 0.507 e. The van der Waals surface area contributed by atoms with E-state index < -0.39 is 5.97 Å². The summed E-state index contributed by atoms with van der Waals surface area (Å²) in [6.45, 7) is 7.71. The number of carboxylic acid groups (broad SMARTS) is 1. The molecular weight excluding hydrogens is 390 g/mol. The summed E-state index contributed by atoms with van der Waals surface area (Å²) in [5, 5.41) is 24.9. The predicted octanol–water partition coefficient (Wildman–Crippen LogP) is 3.86. The van der Waals surface area contributed by atoms with Gasteiger partial charge in [-0.2, -0.15) is 5.10 Å². The van der Waals surface area contributed by atoms with Gasteiger partial charge in [-0.25, -0.2) is 0 Å². The number of phenolic OH excluding ortho intramolecular Hbond substituents is 1. The summed E-state index contributed by atoms with van der Waals surface area (Å²) in [5.74, 6) is -0.271. The minimum absolute atomic E-state index is 0.0892. The zero-order valence-corrected chi connectivity index (χ0v) is 18.9. The molecule has 6 nitrogen and oxygen atoms in total. The molecule has 2 aliphatic rings. The van der Waals surface area contributed by atoms with Gasteiger partial charge in [0.05, 0.1) is 18.7 Å². The fourth-order valence-electron chi connectivity index (χ4n) is 5.43. The van der Waals surface area contributed by atoms with Gasteiger partial charge in [0, 0.05) is 29.8 Å². The Balaban J connectivity index is 1.70. The molecule has 1 aliphatic carbocycles. The Kier molecular flexibility index (Phi) is 6.65. The molecule has 6 heteroatoms. The maximum Gasteiger partial charge on any atom is 0.305 e. The first-order valence-corrected chi connectivity index (χ1v) is 11.9. The van der Waals surface area contributed by atoms with E-state index >= 15 is 0 Å². The number of likely N-dealkylation sites (tertiary alicyclic amines) is 1. The molecule has 1 aromatic carbocycles. The molecule has 1 fully saturated rings. The summed E-state index contributed by atoms with van der Waals surface area (Å²) < 4.78 is 1.91. The van der Waals surface area contributed by atoms with Gasteiger partial charge < -0.3 is 10.2 Å². The third-order valence-corrected chi connectivity index (χ3v) is 6.96. The second kappa shape index (κ2) is 9.43. The zero-order chi connectivity index (χ0) is 22.0. The van der Waals surface area contributed by atoms with Crippen LogP contribution in [0.4, 0.5) is 0 Å². The Bertz CT molecular complexity index is 958. The number of aromatic nitrogens is 2. The topological polar surface area (TPSA) is 78.6 Å². The van der Waals surface area contributed by atoms with Gasteiger partial charge >= 0.3 is 5.97 Å². The quantitative estimate of drug-likeness (QED) is 0.638. The Morgan fingerprint density at radius 2 is 1.81 bits per heavy atom. The van der Waals surface area contributed by atoms with Crippen LogP contribution < -0.4 is 0 Å². The molecule has 0 atom stereocenters. The van der Waals surface area contributed by atoms with E-state index in [1.165, 1.54) is 29.5 Å². The van der Waals surface area contributed by atoms with Crippen molar-refractivity contribution in [2.45, 2.75) is 84.7 Å². The third-order valence-electron chi connectivity index (χ3n) is 6.96. The molecule has 31 heavy (non-hydrogen) atoms. The first-order valence-electron chi connectivity index (χ1n) is 11.9. The van der Waals surface area contributed by atoms with E-state index in [1.54, 1.807) is 0 Å². The molecule has 1 aliphatic heterocycles. The molecule has 2 N–H and O–H groups in total. The Hall–Kier alpha value is -2.34. The van der Waals surface area contributed by atoms with Crippen molar-refractivity contribution < 1.29 is 15.0 Å². The molecule has 1 saturated heterocycles. The monoisotopic (exact) mass is 425 g/mol. The maximum atomic E-state index is 11.1. The molecule has 2 heterocycles. The number of hydrogen-bond acceptors (Lipinski definition) is 4. The van der Waals surface area contributed by atoms with Crippen LogP contribution in [0.15, 0.2) is 6.07 Å². The summed E-state index contributed by atoms with van der Waals surface area (Å²) in [5.41, 5.74) is 8.34. The molecule has 2 aromatic rings. The number of fused-ring (bicyclic) bond motifs is 1. The van der Waals surface area contributed by atoms with Crippen LogP contribution in [0.1, 0.15) is 78.7 Å². The molecule has 0 amide bonds. The minimum Gasteiger partial charge on any atom is -0.507 e. The van der Waals surface area contributed by atoms with Crippen LogP contribution >= 0.6 is 0 Å². The molecule has 0 spiro atoms. The van der Waals surface area contributed by atoms with Gasteiger partial charge in [-0.1, -0.05) is 19.9 Å². The van der Waals surface area contributed by atoms with Gasteiger partial charge in [0.25, 0.3) is 0 Å². The van der Waals surface area contributed by atoms with Crippen LogP contribution in [0.2, 0.25) is 0 Å². The van der Waals surface area contributed by atoms with E-state index in [-0.39, 0.29) is 6.42 Å². The molecule has 168 valence electrons. The van der Waals surface area contributed by atoms with Gasteiger partial charge in [-0.15, -0.1) is 0 Å². The average Bonchev–Trinajstić information content (AvgIpc) is 3.49.